The van der Waals surface area contributed by atoms with Crippen LogP contribution in [0.1, 0.15) is 19.3 Å². The Labute approximate surface area is 128 Å². The molecule has 0 N–H and O–H groups in total. The summed E-state index contributed by atoms with van der Waals surface area (Å²) in [6.07, 6.45) is 5.64. The van der Waals surface area contributed by atoms with Gasteiger partial charge in [0.1, 0.15) is 5.82 Å². The van der Waals surface area contributed by atoms with Crippen LogP contribution in [0.25, 0.3) is 0 Å². The van der Waals surface area contributed by atoms with E-state index in [1.807, 2.05) is 6.07 Å². The van der Waals surface area contributed by atoms with Crippen LogP contribution in [0, 0.1) is 5.92 Å². The van der Waals surface area contributed by atoms with Crippen molar-refractivity contribution >= 4 is 33.3 Å². The van der Waals surface area contributed by atoms with Crippen molar-refractivity contribution in [3.63, 3.8) is 0 Å². The second-order valence-electron chi connectivity index (χ2n) is 5.64. The fourth-order valence-corrected chi connectivity index (χ4v) is 4.37. The summed E-state index contributed by atoms with van der Waals surface area (Å²) in [4.78, 5) is 9.43. The summed E-state index contributed by atoms with van der Waals surface area (Å²) in [5, 5.41) is 0.683. The molecule has 1 aromatic heterocycles. The Morgan fingerprint density at radius 1 is 1.37 bits per heavy atom. The van der Waals surface area contributed by atoms with Crippen molar-refractivity contribution in [2.24, 2.45) is 5.92 Å². The molecule has 0 amide bonds. The molecule has 0 aliphatic carbocycles. The minimum atomic E-state index is 0.683. The minimum absolute atomic E-state index is 0.683. The number of piperidine rings is 2. The molecule has 0 saturated carbocycles. The molecule has 2 fully saturated rings. The predicted octanol–water partition coefficient (Wildman–Crippen LogP) is 3.42. The monoisotopic (exact) mass is 343 g/mol. The predicted molar refractivity (Wildman–Crippen MR) is 82.9 cm³/mol. The highest BCUT2D eigenvalue weighted by Crippen LogP contribution is 2.34. The van der Waals surface area contributed by atoms with E-state index in [1.54, 1.807) is 6.20 Å². The van der Waals surface area contributed by atoms with Gasteiger partial charge in [0.25, 0.3) is 0 Å². The molecule has 0 spiro atoms. The van der Waals surface area contributed by atoms with Crippen molar-refractivity contribution in [3.05, 3.63) is 21.8 Å². The van der Waals surface area contributed by atoms with E-state index in [1.165, 1.54) is 25.8 Å². The third-order valence-electron chi connectivity index (χ3n) is 4.43. The van der Waals surface area contributed by atoms with Gasteiger partial charge in [-0.15, -0.1) is 0 Å². The van der Waals surface area contributed by atoms with Crippen molar-refractivity contribution in [2.45, 2.75) is 25.3 Å². The summed E-state index contributed by atoms with van der Waals surface area (Å²) in [5.74, 6) is 1.81. The van der Waals surface area contributed by atoms with Crippen molar-refractivity contribution in [1.29, 1.82) is 0 Å². The number of anilines is 1. The van der Waals surface area contributed by atoms with Crippen LogP contribution in [0.15, 0.2) is 16.7 Å². The van der Waals surface area contributed by atoms with Gasteiger partial charge in [0.05, 0.1) is 9.50 Å². The molecule has 0 radical (unpaired) electrons. The van der Waals surface area contributed by atoms with E-state index in [0.717, 1.165) is 35.3 Å². The summed E-state index contributed by atoms with van der Waals surface area (Å²) < 4.78 is 1.00. The lowest BCUT2D eigenvalue weighted by Gasteiger charge is -2.46. The van der Waals surface area contributed by atoms with Gasteiger partial charge in [-0.25, -0.2) is 4.98 Å². The molecule has 1 aromatic rings. The first kappa shape index (κ1) is 13.7. The highest BCUT2D eigenvalue weighted by molar-refractivity contribution is 9.10. The fourth-order valence-electron chi connectivity index (χ4n) is 3.48. The topological polar surface area (TPSA) is 19.4 Å². The van der Waals surface area contributed by atoms with Crippen LogP contribution in [0.2, 0.25) is 5.02 Å². The molecule has 2 unspecified atom stereocenters. The zero-order valence-electron chi connectivity index (χ0n) is 11.1. The van der Waals surface area contributed by atoms with Gasteiger partial charge in [0.2, 0.25) is 0 Å². The molecule has 0 aromatic carbocycles. The summed E-state index contributed by atoms with van der Waals surface area (Å²) in [6, 6.07) is 2.69. The largest absolute Gasteiger partial charge is 0.355 e. The van der Waals surface area contributed by atoms with Gasteiger partial charge < -0.3 is 9.80 Å². The molecule has 2 aliphatic rings. The fraction of sp³-hybridized carbons (Fsp3) is 0.643. The highest BCUT2D eigenvalue weighted by atomic mass is 79.9. The number of halogens is 2. The Morgan fingerprint density at radius 2 is 2.21 bits per heavy atom. The van der Waals surface area contributed by atoms with E-state index < -0.39 is 0 Å². The summed E-state index contributed by atoms with van der Waals surface area (Å²) in [6.45, 7) is 3.45. The molecule has 104 valence electrons. The molecule has 19 heavy (non-hydrogen) atoms. The van der Waals surface area contributed by atoms with E-state index >= 15 is 0 Å². The molecule has 3 nitrogen and oxygen atoms in total. The number of pyridine rings is 1. The first-order valence-electron chi connectivity index (χ1n) is 6.91. The molecule has 0 bridgehead atoms. The van der Waals surface area contributed by atoms with Crippen molar-refractivity contribution < 1.29 is 0 Å². The van der Waals surface area contributed by atoms with Crippen molar-refractivity contribution in [1.82, 2.24) is 9.88 Å². The van der Waals surface area contributed by atoms with Gasteiger partial charge in [-0.3, -0.25) is 0 Å². The number of rotatable bonds is 1. The van der Waals surface area contributed by atoms with Crippen LogP contribution < -0.4 is 4.90 Å². The standard InChI is InChI=1S/C14H19BrClN3/c1-18-5-2-3-10-9-19(6-4-13(10)18)14-12(15)7-11(16)8-17-14/h7-8,10,13H,2-6,9H2,1H3. The van der Waals surface area contributed by atoms with Crippen LogP contribution in [-0.2, 0) is 0 Å². The molecule has 3 rings (SSSR count). The lowest BCUT2D eigenvalue weighted by Crippen LogP contribution is -2.53. The smallest absolute Gasteiger partial charge is 0.142 e. The van der Waals surface area contributed by atoms with Crippen LogP contribution in [0.5, 0.6) is 0 Å². The van der Waals surface area contributed by atoms with Gasteiger partial charge in [0.15, 0.2) is 0 Å². The Balaban J connectivity index is 1.77. The van der Waals surface area contributed by atoms with Crippen LogP contribution in [0.4, 0.5) is 5.82 Å². The van der Waals surface area contributed by atoms with E-state index in [4.69, 9.17) is 11.6 Å². The van der Waals surface area contributed by atoms with Gasteiger partial charge >= 0.3 is 0 Å². The maximum atomic E-state index is 5.97. The second-order valence-corrected chi connectivity index (χ2v) is 6.93. The van der Waals surface area contributed by atoms with Gasteiger partial charge in [-0.05, 0) is 60.8 Å². The average Bonchev–Trinajstić information content (AvgIpc) is 2.38. The normalized spacial score (nSPS) is 28.3. The molecular weight excluding hydrogens is 326 g/mol. The highest BCUT2D eigenvalue weighted by Gasteiger charge is 2.34. The quantitative estimate of drug-likeness (QED) is 0.778. The zero-order chi connectivity index (χ0) is 13.4. The lowest BCUT2D eigenvalue weighted by atomic mass is 9.84. The van der Waals surface area contributed by atoms with E-state index in [-0.39, 0.29) is 0 Å². The van der Waals surface area contributed by atoms with Gasteiger partial charge in [-0.2, -0.15) is 0 Å². The molecular formula is C14H19BrClN3. The van der Waals surface area contributed by atoms with Crippen molar-refractivity contribution in [3.8, 4) is 0 Å². The SMILES string of the molecule is CN1CCCC2CN(c3ncc(Cl)cc3Br)CCC21. The Kier molecular flexibility index (Phi) is 4.01. The first-order valence-corrected chi connectivity index (χ1v) is 8.08. The Morgan fingerprint density at radius 3 is 3.00 bits per heavy atom. The van der Waals surface area contributed by atoms with E-state index in [0.29, 0.717) is 5.02 Å². The van der Waals surface area contributed by atoms with Crippen LogP contribution >= 0.6 is 27.5 Å². The number of hydrogen-bond acceptors (Lipinski definition) is 3. The number of fused-ring (bicyclic) bond motifs is 1. The second kappa shape index (κ2) is 5.58. The van der Waals surface area contributed by atoms with Crippen LogP contribution in [-0.4, -0.2) is 42.6 Å². The number of likely N-dealkylation sites (tertiary alicyclic amines) is 1. The molecule has 2 atom stereocenters. The van der Waals surface area contributed by atoms with Gasteiger partial charge in [-0.1, -0.05) is 11.6 Å². The third-order valence-corrected chi connectivity index (χ3v) is 5.22. The number of aromatic nitrogens is 1. The number of hydrogen-bond donors (Lipinski definition) is 0. The minimum Gasteiger partial charge on any atom is -0.355 e. The Bertz CT molecular complexity index is 468. The maximum absolute atomic E-state index is 5.97. The van der Waals surface area contributed by atoms with E-state index in [2.05, 4.69) is 37.8 Å². The Hall–Kier alpha value is -0.320. The molecule has 3 heterocycles. The molecule has 2 aliphatic heterocycles. The van der Waals surface area contributed by atoms with Gasteiger partial charge in [0, 0.05) is 25.3 Å². The van der Waals surface area contributed by atoms with Crippen LogP contribution in [0.3, 0.4) is 0 Å². The molecule has 2 saturated heterocycles. The zero-order valence-corrected chi connectivity index (χ0v) is 13.5. The van der Waals surface area contributed by atoms with Crippen molar-refractivity contribution in [2.75, 3.05) is 31.6 Å². The summed E-state index contributed by atoms with van der Waals surface area (Å²) in [5.41, 5.74) is 0. The first-order chi connectivity index (χ1) is 9.15. The lowest BCUT2D eigenvalue weighted by molar-refractivity contribution is 0.102. The summed E-state index contributed by atoms with van der Waals surface area (Å²) >= 11 is 9.55. The van der Waals surface area contributed by atoms with E-state index in [9.17, 15) is 0 Å². The molecule has 5 heteroatoms. The number of nitrogens with zero attached hydrogens (tertiary/aromatic N) is 3. The summed E-state index contributed by atoms with van der Waals surface area (Å²) in [7, 11) is 2.27. The maximum Gasteiger partial charge on any atom is 0.142 e. The third kappa shape index (κ3) is 2.76. The average molecular weight is 345 g/mol.